The molecule has 0 aliphatic carbocycles. The third-order valence-electron chi connectivity index (χ3n) is 5.34. The van der Waals surface area contributed by atoms with Gasteiger partial charge in [0.15, 0.2) is 0 Å². The maximum Gasteiger partial charge on any atom is 0.0462 e. The zero-order chi connectivity index (χ0) is 22.9. The van der Waals surface area contributed by atoms with Crippen molar-refractivity contribution in [3.63, 3.8) is 0 Å². The Morgan fingerprint density at radius 1 is 0.424 bits per heavy atom. The number of nitrogens with zero attached hydrogens (tertiary/aromatic N) is 1. The molecule has 5 aromatic carbocycles. The van der Waals surface area contributed by atoms with Crippen LogP contribution in [0, 0.1) is 6.92 Å². The van der Waals surface area contributed by atoms with E-state index in [0.717, 1.165) is 22.7 Å². The molecule has 5 aromatic rings. The lowest BCUT2D eigenvalue weighted by molar-refractivity contribution is 1.27. The summed E-state index contributed by atoms with van der Waals surface area (Å²) in [6.07, 6.45) is 0. The van der Waals surface area contributed by atoms with Gasteiger partial charge in [-0.15, -0.1) is 0 Å². The van der Waals surface area contributed by atoms with Crippen LogP contribution in [0.2, 0.25) is 0 Å². The molecule has 33 heavy (non-hydrogen) atoms. The summed E-state index contributed by atoms with van der Waals surface area (Å²) in [4.78, 5) is 2.29. The predicted octanol–water partition coefficient (Wildman–Crippen LogP) is 8.40. The zero-order valence-corrected chi connectivity index (χ0v) is 18.8. The van der Waals surface area contributed by atoms with Crippen LogP contribution in [-0.4, -0.2) is 0 Å². The minimum atomic E-state index is 0.822. The van der Waals surface area contributed by atoms with Crippen LogP contribution in [0.5, 0.6) is 0 Å². The largest absolute Gasteiger partial charge is 0.399 e. The van der Waals surface area contributed by atoms with Crippen molar-refractivity contribution >= 4 is 22.7 Å². The number of hydrogen-bond acceptors (Lipinski definition) is 2. The Morgan fingerprint density at radius 2 is 0.818 bits per heavy atom. The molecule has 0 amide bonds. The molecular weight excluding hydrogens is 400 g/mol. The Balaban J connectivity index is 0.000000318. The molecule has 5 rings (SSSR count). The zero-order valence-electron chi connectivity index (χ0n) is 18.8. The molecule has 0 atom stereocenters. The van der Waals surface area contributed by atoms with Crippen LogP contribution in [0.3, 0.4) is 0 Å². The molecule has 0 heterocycles. The SMILES string of the molecule is Cc1ccc(N(c2ccccc2)c2ccc(-c3ccccc3)cc2)cc1.Nc1ccccc1. The molecular formula is C31H28N2. The second-order valence-electron chi connectivity index (χ2n) is 7.83. The molecule has 0 aliphatic heterocycles. The van der Waals surface area contributed by atoms with Crippen LogP contribution in [0.25, 0.3) is 11.1 Å². The topological polar surface area (TPSA) is 29.3 Å². The summed E-state index contributed by atoms with van der Waals surface area (Å²) < 4.78 is 0. The molecule has 162 valence electrons. The highest BCUT2D eigenvalue weighted by atomic mass is 15.1. The van der Waals surface area contributed by atoms with Crippen LogP contribution < -0.4 is 10.6 Å². The molecule has 2 heteroatoms. The molecule has 0 saturated carbocycles. The van der Waals surface area contributed by atoms with Crippen molar-refractivity contribution in [1.82, 2.24) is 0 Å². The van der Waals surface area contributed by atoms with Crippen LogP contribution in [0.1, 0.15) is 5.56 Å². The van der Waals surface area contributed by atoms with Gasteiger partial charge in [0.05, 0.1) is 0 Å². The molecule has 0 bridgehead atoms. The highest BCUT2D eigenvalue weighted by Gasteiger charge is 2.12. The van der Waals surface area contributed by atoms with Crippen molar-refractivity contribution < 1.29 is 0 Å². The molecule has 2 nitrogen and oxygen atoms in total. The predicted molar refractivity (Wildman–Crippen MR) is 142 cm³/mol. The minimum Gasteiger partial charge on any atom is -0.399 e. The van der Waals surface area contributed by atoms with Gasteiger partial charge in [-0.25, -0.2) is 0 Å². The average molecular weight is 429 g/mol. The summed E-state index contributed by atoms with van der Waals surface area (Å²) in [5, 5.41) is 0. The number of benzene rings is 5. The van der Waals surface area contributed by atoms with Gasteiger partial charge in [-0.3, -0.25) is 0 Å². The van der Waals surface area contributed by atoms with Crippen LogP contribution in [0.15, 0.2) is 140 Å². The fourth-order valence-electron chi connectivity index (χ4n) is 3.60. The maximum atomic E-state index is 5.36. The van der Waals surface area contributed by atoms with E-state index in [1.807, 2.05) is 36.4 Å². The van der Waals surface area contributed by atoms with Crippen molar-refractivity contribution in [2.24, 2.45) is 0 Å². The van der Waals surface area contributed by atoms with E-state index >= 15 is 0 Å². The first-order valence-corrected chi connectivity index (χ1v) is 11.1. The van der Waals surface area contributed by atoms with Gasteiger partial charge in [-0.05, 0) is 66.6 Å². The van der Waals surface area contributed by atoms with Crippen LogP contribution in [0.4, 0.5) is 22.7 Å². The van der Waals surface area contributed by atoms with Crippen molar-refractivity contribution in [3.05, 3.63) is 145 Å². The van der Waals surface area contributed by atoms with E-state index in [1.54, 1.807) is 0 Å². The van der Waals surface area contributed by atoms with Crippen LogP contribution in [-0.2, 0) is 0 Å². The van der Waals surface area contributed by atoms with Crippen molar-refractivity contribution in [2.75, 3.05) is 10.6 Å². The first-order valence-electron chi connectivity index (χ1n) is 11.1. The van der Waals surface area contributed by atoms with Gasteiger partial charge in [0.1, 0.15) is 0 Å². The number of para-hydroxylation sites is 2. The number of hydrogen-bond donors (Lipinski definition) is 1. The quantitative estimate of drug-likeness (QED) is 0.291. The summed E-state index contributed by atoms with van der Waals surface area (Å²) in [5.41, 5.74) is 13.4. The number of nitrogens with two attached hydrogens (primary N) is 1. The number of nitrogen functional groups attached to an aromatic ring is 1. The second kappa shape index (κ2) is 10.8. The Morgan fingerprint density at radius 3 is 1.30 bits per heavy atom. The van der Waals surface area contributed by atoms with Gasteiger partial charge in [0.25, 0.3) is 0 Å². The van der Waals surface area contributed by atoms with E-state index in [0.29, 0.717) is 0 Å². The number of aryl methyl sites for hydroxylation is 1. The van der Waals surface area contributed by atoms with E-state index in [9.17, 15) is 0 Å². The van der Waals surface area contributed by atoms with Crippen molar-refractivity contribution in [2.45, 2.75) is 6.92 Å². The first-order chi connectivity index (χ1) is 16.2. The van der Waals surface area contributed by atoms with E-state index in [4.69, 9.17) is 5.73 Å². The smallest absolute Gasteiger partial charge is 0.0462 e. The van der Waals surface area contributed by atoms with Gasteiger partial charge in [0.2, 0.25) is 0 Å². The Bertz CT molecular complexity index is 1230. The van der Waals surface area contributed by atoms with Crippen molar-refractivity contribution in [3.8, 4) is 11.1 Å². The van der Waals surface area contributed by atoms with Gasteiger partial charge in [0, 0.05) is 22.7 Å². The van der Waals surface area contributed by atoms with Crippen LogP contribution >= 0.6 is 0 Å². The van der Waals surface area contributed by atoms with E-state index in [-0.39, 0.29) is 0 Å². The van der Waals surface area contributed by atoms with Gasteiger partial charge < -0.3 is 10.6 Å². The van der Waals surface area contributed by atoms with Gasteiger partial charge in [-0.1, -0.05) is 96.6 Å². The normalized spacial score (nSPS) is 10.1. The fraction of sp³-hybridized carbons (Fsp3) is 0.0323. The summed E-state index contributed by atoms with van der Waals surface area (Å²) >= 11 is 0. The molecule has 0 aliphatic rings. The van der Waals surface area contributed by atoms with Gasteiger partial charge >= 0.3 is 0 Å². The van der Waals surface area contributed by atoms with Crippen molar-refractivity contribution in [1.29, 1.82) is 0 Å². The molecule has 0 spiro atoms. The summed E-state index contributed by atoms with van der Waals surface area (Å²) in [6.45, 7) is 2.12. The third kappa shape index (κ3) is 5.90. The van der Waals surface area contributed by atoms with Gasteiger partial charge in [-0.2, -0.15) is 0 Å². The highest BCUT2D eigenvalue weighted by molar-refractivity contribution is 5.78. The fourth-order valence-corrected chi connectivity index (χ4v) is 3.60. The lowest BCUT2D eigenvalue weighted by Gasteiger charge is -2.25. The molecule has 0 aromatic heterocycles. The molecule has 0 radical (unpaired) electrons. The molecule has 0 unspecified atom stereocenters. The van der Waals surface area contributed by atoms with E-state index < -0.39 is 0 Å². The summed E-state index contributed by atoms with van der Waals surface area (Å²) in [7, 11) is 0. The third-order valence-corrected chi connectivity index (χ3v) is 5.34. The second-order valence-corrected chi connectivity index (χ2v) is 7.83. The highest BCUT2D eigenvalue weighted by Crippen LogP contribution is 2.35. The first kappa shape index (κ1) is 21.9. The monoisotopic (exact) mass is 428 g/mol. The Labute approximate surface area is 196 Å². The average Bonchev–Trinajstić information content (AvgIpc) is 2.88. The number of rotatable bonds is 4. The number of anilines is 4. The summed E-state index contributed by atoms with van der Waals surface area (Å²) in [5.74, 6) is 0. The van der Waals surface area contributed by atoms with E-state index in [1.165, 1.54) is 16.7 Å². The summed E-state index contributed by atoms with van der Waals surface area (Å²) in [6, 6.07) is 47.9. The molecule has 0 fully saturated rings. The lowest BCUT2D eigenvalue weighted by atomic mass is 10.0. The Hall–Kier alpha value is -4.30. The Kier molecular flexibility index (Phi) is 7.19. The van der Waals surface area contributed by atoms with E-state index in [2.05, 4.69) is 115 Å². The molecule has 2 N–H and O–H groups in total. The lowest BCUT2D eigenvalue weighted by Crippen LogP contribution is -2.09. The molecule has 0 saturated heterocycles. The minimum absolute atomic E-state index is 0.822. The maximum absolute atomic E-state index is 5.36. The standard InChI is InChI=1S/C25H21N.C6H7N/c1-20-12-16-24(17-13-20)26(23-10-6-3-7-11-23)25-18-14-22(15-19-25)21-8-4-2-5-9-21;7-6-4-2-1-3-5-6/h2-19H,1H3;1-5H,7H2.